The van der Waals surface area contributed by atoms with E-state index in [1.165, 1.54) is 13.8 Å². The number of halogens is 4. The van der Waals surface area contributed by atoms with Crippen molar-refractivity contribution in [3.63, 3.8) is 0 Å². The van der Waals surface area contributed by atoms with Gasteiger partial charge >= 0.3 is 11.9 Å². The van der Waals surface area contributed by atoms with Crippen LogP contribution in [0.25, 0.3) is 0 Å². The predicted molar refractivity (Wildman–Crippen MR) is 72.0 cm³/mol. The Labute approximate surface area is 131 Å². The van der Waals surface area contributed by atoms with E-state index in [1.807, 2.05) is 0 Å². The topological polar surface area (TPSA) is 64.6 Å². The normalized spacial score (nSPS) is 16.9. The number of hydrogen-bond donors (Lipinski definition) is 1. The fourth-order valence-electron chi connectivity index (χ4n) is 1.62. The van der Waals surface area contributed by atoms with Crippen molar-refractivity contribution in [2.75, 3.05) is 5.32 Å². The van der Waals surface area contributed by atoms with E-state index in [0.717, 1.165) is 6.20 Å². The van der Waals surface area contributed by atoms with Crippen molar-refractivity contribution >= 4 is 33.6 Å². The van der Waals surface area contributed by atoms with E-state index in [0.29, 0.717) is 6.07 Å². The van der Waals surface area contributed by atoms with E-state index in [1.54, 1.807) is 0 Å². The summed E-state index contributed by atoms with van der Waals surface area (Å²) in [5.41, 5.74) is -1.04. The third kappa shape index (κ3) is 3.08. The van der Waals surface area contributed by atoms with Crippen molar-refractivity contribution in [2.45, 2.75) is 19.6 Å². The van der Waals surface area contributed by atoms with Crippen LogP contribution in [-0.2, 0) is 19.1 Å². The molecule has 0 atom stereocenters. The summed E-state index contributed by atoms with van der Waals surface area (Å²) < 4.78 is 49.1. The van der Waals surface area contributed by atoms with E-state index < -0.39 is 50.9 Å². The Bertz CT molecular complexity index is 681. The molecule has 0 unspecified atom stereocenters. The first kappa shape index (κ1) is 16.3. The number of nitrogens with one attached hydrogen (secondary N) is 1. The molecule has 1 aliphatic rings. The van der Waals surface area contributed by atoms with Crippen LogP contribution < -0.4 is 5.32 Å². The van der Waals surface area contributed by atoms with Gasteiger partial charge in [0, 0.05) is 26.1 Å². The van der Waals surface area contributed by atoms with Crippen molar-refractivity contribution in [1.82, 2.24) is 0 Å². The molecule has 1 aromatic rings. The highest BCUT2D eigenvalue weighted by Gasteiger charge is 2.39. The van der Waals surface area contributed by atoms with Gasteiger partial charge in [0.2, 0.25) is 0 Å². The van der Waals surface area contributed by atoms with E-state index in [4.69, 9.17) is 9.47 Å². The van der Waals surface area contributed by atoms with Gasteiger partial charge in [-0.15, -0.1) is 0 Å². The van der Waals surface area contributed by atoms with Crippen LogP contribution >= 0.6 is 15.9 Å². The molecule has 0 aliphatic carbocycles. The Kier molecular flexibility index (Phi) is 4.19. The van der Waals surface area contributed by atoms with Crippen LogP contribution in [0.3, 0.4) is 0 Å². The monoisotopic (exact) mass is 379 g/mol. The maximum absolute atomic E-state index is 13.6. The predicted octanol–water partition coefficient (Wildman–Crippen LogP) is 3.00. The summed E-state index contributed by atoms with van der Waals surface area (Å²) in [5.74, 6) is -7.24. The average molecular weight is 380 g/mol. The first-order chi connectivity index (χ1) is 10.1. The third-order valence-electron chi connectivity index (χ3n) is 2.59. The molecule has 1 aliphatic heterocycles. The van der Waals surface area contributed by atoms with Crippen LogP contribution in [-0.4, -0.2) is 17.7 Å². The van der Waals surface area contributed by atoms with Crippen LogP contribution in [0.4, 0.5) is 18.9 Å². The zero-order valence-electron chi connectivity index (χ0n) is 11.3. The van der Waals surface area contributed by atoms with Gasteiger partial charge in [0.1, 0.15) is 0 Å². The standard InChI is InChI=1S/C13H9BrF3NO4/c1-13(2)21-11(19)5(12(20)22-13)4-18-10-7(16)3-6(15)9(17)8(10)14/h3-4,18H,1-2H3. The highest BCUT2D eigenvalue weighted by atomic mass is 79.9. The van der Waals surface area contributed by atoms with Crippen LogP contribution in [0.5, 0.6) is 0 Å². The molecule has 2 rings (SSSR count). The molecule has 0 aromatic heterocycles. The summed E-state index contributed by atoms with van der Waals surface area (Å²) in [6, 6.07) is 0.321. The molecule has 22 heavy (non-hydrogen) atoms. The molecule has 9 heteroatoms. The van der Waals surface area contributed by atoms with Crippen molar-refractivity contribution in [2.24, 2.45) is 0 Å². The Morgan fingerprint density at radius 3 is 2.23 bits per heavy atom. The minimum absolute atomic E-state index is 0.321. The van der Waals surface area contributed by atoms with Gasteiger partial charge in [0.25, 0.3) is 5.79 Å². The second kappa shape index (κ2) is 5.64. The van der Waals surface area contributed by atoms with Crippen LogP contribution in [0.1, 0.15) is 13.8 Å². The minimum Gasteiger partial charge on any atom is -0.419 e. The Balaban J connectivity index is 2.32. The molecule has 0 amide bonds. The molecule has 0 bridgehead atoms. The first-order valence-electron chi connectivity index (χ1n) is 5.89. The fraction of sp³-hybridized carbons (Fsp3) is 0.231. The Hall–Kier alpha value is -2.03. The number of cyclic esters (lactones) is 2. The highest BCUT2D eigenvalue weighted by molar-refractivity contribution is 9.10. The second-order valence-electron chi connectivity index (χ2n) is 4.72. The van der Waals surface area contributed by atoms with Crippen molar-refractivity contribution in [1.29, 1.82) is 0 Å². The molecule has 1 fully saturated rings. The molecule has 0 spiro atoms. The highest BCUT2D eigenvalue weighted by Crippen LogP contribution is 2.31. The summed E-state index contributed by atoms with van der Waals surface area (Å²) in [4.78, 5) is 23.3. The molecule has 0 saturated carbocycles. The number of ether oxygens (including phenoxy) is 2. The largest absolute Gasteiger partial charge is 0.419 e. The molecular weight excluding hydrogens is 371 g/mol. The Morgan fingerprint density at radius 2 is 1.68 bits per heavy atom. The number of hydrogen-bond acceptors (Lipinski definition) is 5. The molecule has 118 valence electrons. The molecule has 1 heterocycles. The van der Waals surface area contributed by atoms with Gasteiger partial charge in [-0.05, 0) is 15.9 Å². The third-order valence-corrected chi connectivity index (χ3v) is 3.34. The van der Waals surface area contributed by atoms with Crippen LogP contribution in [0, 0.1) is 17.5 Å². The van der Waals surface area contributed by atoms with Crippen molar-refractivity contribution in [3.8, 4) is 0 Å². The van der Waals surface area contributed by atoms with Crippen molar-refractivity contribution in [3.05, 3.63) is 39.8 Å². The van der Waals surface area contributed by atoms with E-state index >= 15 is 0 Å². The molecule has 5 nitrogen and oxygen atoms in total. The molecular formula is C13H9BrF3NO4. The number of carbonyl (C=O) groups excluding carboxylic acids is 2. The summed E-state index contributed by atoms with van der Waals surface area (Å²) in [6.45, 7) is 2.72. The summed E-state index contributed by atoms with van der Waals surface area (Å²) in [7, 11) is 0. The number of carbonyl (C=O) groups is 2. The van der Waals surface area contributed by atoms with Gasteiger partial charge in [0.05, 0.1) is 10.2 Å². The van der Waals surface area contributed by atoms with Gasteiger partial charge < -0.3 is 14.8 Å². The maximum Gasteiger partial charge on any atom is 0.350 e. The van der Waals surface area contributed by atoms with E-state index in [9.17, 15) is 22.8 Å². The summed E-state index contributed by atoms with van der Waals surface area (Å²) in [5, 5.41) is 2.21. The van der Waals surface area contributed by atoms with Crippen LogP contribution in [0.15, 0.2) is 22.3 Å². The lowest BCUT2D eigenvalue weighted by molar-refractivity contribution is -0.222. The fourth-order valence-corrected chi connectivity index (χ4v) is 2.11. The number of rotatable bonds is 2. The molecule has 1 aromatic carbocycles. The van der Waals surface area contributed by atoms with Crippen molar-refractivity contribution < 1.29 is 32.2 Å². The Morgan fingerprint density at radius 1 is 1.14 bits per heavy atom. The van der Waals surface area contributed by atoms with Crippen LogP contribution in [0.2, 0.25) is 0 Å². The smallest absolute Gasteiger partial charge is 0.350 e. The lowest BCUT2D eigenvalue weighted by atomic mass is 10.2. The zero-order chi connectivity index (χ0) is 16.7. The quantitative estimate of drug-likeness (QED) is 0.281. The number of benzene rings is 1. The second-order valence-corrected chi connectivity index (χ2v) is 5.52. The average Bonchev–Trinajstić information content (AvgIpc) is 2.37. The lowest BCUT2D eigenvalue weighted by Gasteiger charge is -2.29. The zero-order valence-corrected chi connectivity index (χ0v) is 12.9. The molecule has 1 N–H and O–H groups in total. The maximum atomic E-state index is 13.6. The molecule has 1 saturated heterocycles. The summed E-state index contributed by atoms with van der Waals surface area (Å²) in [6.07, 6.45) is 0.792. The number of esters is 2. The van der Waals surface area contributed by atoms with Gasteiger partial charge in [-0.1, -0.05) is 0 Å². The number of anilines is 1. The summed E-state index contributed by atoms with van der Waals surface area (Å²) >= 11 is 2.68. The van der Waals surface area contributed by atoms with Gasteiger partial charge in [-0.2, -0.15) is 0 Å². The van der Waals surface area contributed by atoms with Gasteiger partial charge in [-0.25, -0.2) is 22.8 Å². The minimum atomic E-state index is -1.42. The van der Waals surface area contributed by atoms with Gasteiger partial charge in [-0.3, -0.25) is 0 Å². The first-order valence-corrected chi connectivity index (χ1v) is 6.68. The van der Waals surface area contributed by atoms with E-state index in [-0.39, 0.29) is 0 Å². The lowest BCUT2D eigenvalue weighted by Crippen LogP contribution is -2.42. The SMILES string of the molecule is CC1(C)OC(=O)C(=CNc2c(F)cc(F)c(F)c2Br)C(=O)O1. The van der Waals surface area contributed by atoms with Gasteiger partial charge in [0.15, 0.2) is 23.0 Å². The molecule has 0 radical (unpaired) electrons. The van der Waals surface area contributed by atoms with E-state index in [2.05, 4.69) is 21.2 Å².